The molecular formula is C17H19FN2O2. The number of nitrogens with one attached hydrogen (secondary N) is 2. The monoisotopic (exact) mass is 302 g/mol. The Morgan fingerprint density at radius 2 is 2.14 bits per heavy atom. The number of benzene rings is 1. The van der Waals surface area contributed by atoms with Crippen LogP contribution in [0, 0.1) is 11.7 Å². The first-order valence-corrected chi connectivity index (χ1v) is 7.19. The summed E-state index contributed by atoms with van der Waals surface area (Å²) >= 11 is 0. The lowest BCUT2D eigenvalue weighted by molar-refractivity contribution is -0.120. The molecule has 0 heterocycles. The maximum Gasteiger partial charge on any atom is 0.247 e. The summed E-state index contributed by atoms with van der Waals surface area (Å²) in [7, 11) is 0. The quantitative estimate of drug-likeness (QED) is 0.659. The van der Waals surface area contributed by atoms with Gasteiger partial charge in [-0.15, -0.1) is 0 Å². The molecule has 0 saturated heterocycles. The van der Waals surface area contributed by atoms with Gasteiger partial charge in [0, 0.05) is 11.6 Å². The van der Waals surface area contributed by atoms with Gasteiger partial charge < -0.3 is 10.6 Å². The molecular weight excluding hydrogens is 283 g/mol. The number of amides is 2. The summed E-state index contributed by atoms with van der Waals surface area (Å²) in [5, 5.41) is 5.14. The Labute approximate surface area is 129 Å². The third-order valence-electron chi connectivity index (χ3n) is 3.69. The van der Waals surface area contributed by atoms with Crippen LogP contribution in [0.25, 0.3) is 0 Å². The van der Waals surface area contributed by atoms with Crippen molar-refractivity contribution in [1.29, 1.82) is 0 Å². The molecule has 4 nitrogen and oxygen atoms in total. The van der Waals surface area contributed by atoms with Crippen LogP contribution in [0.1, 0.15) is 26.2 Å². The van der Waals surface area contributed by atoms with E-state index in [-0.39, 0.29) is 17.5 Å². The van der Waals surface area contributed by atoms with Gasteiger partial charge in [0.1, 0.15) is 5.82 Å². The standard InChI is InChI=1S/C17H19FN2O2/c1-3-16(21)20-15-10-13(8-9-14(15)18)19-17(22)12-6-4-11(2)5-7-12/h3-4,8-10,12H,1,5-7H2,2H3,(H,19,22)(H,20,21). The topological polar surface area (TPSA) is 58.2 Å². The van der Waals surface area contributed by atoms with Gasteiger partial charge in [0.25, 0.3) is 0 Å². The van der Waals surface area contributed by atoms with E-state index in [1.807, 2.05) is 0 Å². The third-order valence-corrected chi connectivity index (χ3v) is 3.69. The number of allylic oxidation sites excluding steroid dienone is 2. The van der Waals surface area contributed by atoms with Crippen LogP contribution < -0.4 is 10.6 Å². The van der Waals surface area contributed by atoms with Gasteiger partial charge in [-0.1, -0.05) is 18.2 Å². The summed E-state index contributed by atoms with van der Waals surface area (Å²) in [5.41, 5.74) is 1.78. The van der Waals surface area contributed by atoms with E-state index in [0.29, 0.717) is 5.69 Å². The van der Waals surface area contributed by atoms with Crippen molar-refractivity contribution >= 4 is 23.2 Å². The Kier molecular flexibility index (Phi) is 5.09. The zero-order valence-electron chi connectivity index (χ0n) is 12.5. The molecule has 1 aliphatic carbocycles. The van der Waals surface area contributed by atoms with Crippen LogP contribution in [0.15, 0.2) is 42.5 Å². The molecule has 5 heteroatoms. The fraction of sp³-hybridized carbons (Fsp3) is 0.294. The highest BCUT2D eigenvalue weighted by Gasteiger charge is 2.20. The third kappa shape index (κ3) is 4.04. The molecule has 22 heavy (non-hydrogen) atoms. The Morgan fingerprint density at radius 1 is 1.36 bits per heavy atom. The lowest BCUT2D eigenvalue weighted by atomic mass is 9.89. The second kappa shape index (κ2) is 7.02. The van der Waals surface area contributed by atoms with E-state index in [1.165, 1.54) is 23.8 Å². The minimum atomic E-state index is -0.565. The van der Waals surface area contributed by atoms with Crippen molar-refractivity contribution in [2.24, 2.45) is 5.92 Å². The molecule has 0 spiro atoms. The molecule has 1 aromatic carbocycles. The molecule has 0 fully saturated rings. The SMILES string of the molecule is C=CC(=O)Nc1cc(NC(=O)C2CC=C(C)CC2)ccc1F. The second-order valence-corrected chi connectivity index (χ2v) is 5.40. The van der Waals surface area contributed by atoms with Crippen molar-refractivity contribution < 1.29 is 14.0 Å². The molecule has 2 rings (SSSR count). The van der Waals surface area contributed by atoms with E-state index in [2.05, 4.69) is 30.2 Å². The summed E-state index contributed by atoms with van der Waals surface area (Å²) in [6, 6.07) is 4.08. The van der Waals surface area contributed by atoms with Crippen LogP contribution in [0.2, 0.25) is 0 Å². The zero-order chi connectivity index (χ0) is 16.1. The molecule has 1 unspecified atom stereocenters. The summed E-state index contributed by atoms with van der Waals surface area (Å²) in [5.74, 6) is -1.23. The fourth-order valence-electron chi connectivity index (χ4n) is 2.33. The van der Waals surface area contributed by atoms with Gasteiger partial charge in [-0.3, -0.25) is 9.59 Å². The number of hydrogen-bond donors (Lipinski definition) is 2. The van der Waals surface area contributed by atoms with E-state index >= 15 is 0 Å². The van der Waals surface area contributed by atoms with Crippen molar-refractivity contribution in [3.8, 4) is 0 Å². The smallest absolute Gasteiger partial charge is 0.247 e. The number of carbonyl (C=O) groups excluding carboxylic acids is 2. The van der Waals surface area contributed by atoms with Gasteiger partial charge in [0.2, 0.25) is 11.8 Å². The van der Waals surface area contributed by atoms with Crippen molar-refractivity contribution in [2.45, 2.75) is 26.2 Å². The molecule has 0 saturated carbocycles. The van der Waals surface area contributed by atoms with Crippen LogP contribution in [0.4, 0.5) is 15.8 Å². The Balaban J connectivity index is 2.06. The number of hydrogen-bond acceptors (Lipinski definition) is 2. The Hall–Kier alpha value is -2.43. The summed E-state index contributed by atoms with van der Waals surface area (Å²) < 4.78 is 13.6. The fourth-order valence-corrected chi connectivity index (χ4v) is 2.33. The number of anilines is 2. The zero-order valence-corrected chi connectivity index (χ0v) is 12.5. The Morgan fingerprint density at radius 3 is 2.77 bits per heavy atom. The average Bonchev–Trinajstić information content (AvgIpc) is 2.51. The molecule has 0 radical (unpaired) electrons. The summed E-state index contributed by atoms with van der Waals surface area (Å²) in [6.07, 6.45) is 5.59. The van der Waals surface area contributed by atoms with Gasteiger partial charge >= 0.3 is 0 Å². The van der Waals surface area contributed by atoms with Gasteiger partial charge in [-0.25, -0.2) is 4.39 Å². The number of carbonyl (C=O) groups is 2. The number of halogens is 1. The lowest BCUT2D eigenvalue weighted by Crippen LogP contribution is -2.24. The molecule has 2 N–H and O–H groups in total. The van der Waals surface area contributed by atoms with Crippen LogP contribution in [0.5, 0.6) is 0 Å². The number of rotatable bonds is 4. The summed E-state index contributed by atoms with van der Waals surface area (Å²) in [6.45, 7) is 5.37. The van der Waals surface area contributed by atoms with Gasteiger partial charge in [0.05, 0.1) is 5.69 Å². The van der Waals surface area contributed by atoms with Crippen LogP contribution >= 0.6 is 0 Å². The molecule has 2 amide bonds. The predicted octanol–water partition coefficient (Wildman–Crippen LogP) is 3.64. The molecule has 1 atom stereocenters. The van der Waals surface area contributed by atoms with Crippen molar-refractivity contribution in [1.82, 2.24) is 0 Å². The summed E-state index contributed by atoms with van der Waals surface area (Å²) in [4.78, 5) is 23.5. The van der Waals surface area contributed by atoms with Crippen LogP contribution in [-0.2, 0) is 9.59 Å². The highest BCUT2D eigenvalue weighted by Crippen LogP contribution is 2.25. The first-order valence-electron chi connectivity index (χ1n) is 7.19. The minimum absolute atomic E-state index is 0.0158. The normalized spacial score (nSPS) is 17.4. The molecule has 1 aliphatic rings. The highest BCUT2D eigenvalue weighted by atomic mass is 19.1. The van der Waals surface area contributed by atoms with E-state index in [0.717, 1.165) is 25.3 Å². The molecule has 0 aliphatic heterocycles. The van der Waals surface area contributed by atoms with E-state index in [4.69, 9.17) is 0 Å². The van der Waals surface area contributed by atoms with Crippen molar-refractivity contribution in [3.05, 3.63) is 48.3 Å². The van der Waals surface area contributed by atoms with E-state index < -0.39 is 11.7 Å². The average molecular weight is 302 g/mol. The van der Waals surface area contributed by atoms with Crippen LogP contribution in [-0.4, -0.2) is 11.8 Å². The van der Waals surface area contributed by atoms with Gasteiger partial charge in [-0.2, -0.15) is 0 Å². The maximum absolute atomic E-state index is 13.6. The highest BCUT2D eigenvalue weighted by molar-refractivity contribution is 6.00. The van der Waals surface area contributed by atoms with Crippen LogP contribution in [0.3, 0.4) is 0 Å². The largest absolute Gasteiger partial charge is 0.326 e. The van der Waals surface area contributed by atoms with Crippen molar-refractivity contribution in [3.63, 3.8) is 0 Å². The Bertz CT molecular complexity index is 638. The molecule has 0 bridgehead atoms. The van der Waals surface area contributed by atoms with Gasteiger partial charge in [-0.05, 0) is 50.5 Å². The maximum atomic E-state index is 13.6. The first-order chi connectivity index (χ1) is 10.5. The van der Waals surface area contributed by atoms with E-state index in [9.17, 15) is 14.0 Å². The molecule has 1 aromatic rings. The molecule has 116 valence electrons. The van der Waals surface area contributed by atoms with Gasteiger partial charge in [0.15, 0.2) is 0 Å². The first kappa shape index (κ1) is 15.9. The van der Waals surface area contributed by atoms with Crippen molar-refractivity contribution in [2.75, 3.05) is 10.6 Å². The lowest BCUT2D eigenvalue weighted by Gasteiger charge is -2.20. The van der Waals surface area contributed by atoms with E-state index in [1.54, 1.807) is 0 Å². The second-order valence-electron chi connectivity index (χ2n) is 5.40. The minimum Gasteiger partial charge on any atom is -0.326 e. The molecule has 0 aromatic heterocycles. The predicted molar refractivity (Wildman–Crippen MR) is 85.0 cm³/mol.